The summed E-state index contributed by atoms with van der Waals surface area (Å²) >= 11 is 0. The second-order valence-corrected chi connectivity index (χ2v) is 4.52. The van der Waals surface area contributed by atoms with Gasteiger partial charge in [0.05, 0.1) is 6.61 Å². The summed E-state index contributed by atoms with van der Waals surface area (Å²) in [5.74, 6) is -1.42. The highest BCUT2D eigenvalue weighted by Crippen LogP contribution is 2.21. The molecule has 0 bridgehead atoms. The number of carbonyl (C=O) groups is 1. The van der Waals surface area contributed by atoms with Gasteiger partial charge in [-0.1, -0.05) is 6.07 Å². The fraction of sp³-hybridized carbons (Fsp3) is 0.462. The number of amides is 1. The number of hydrogen-bond donors (Lipinski definition) is 2. The number of carbonyl (C=O) groups excluding carboxylic acids is 1. The zero-order valence-corrected chi connectivity index (χ0v) is 10.1. The van der Waals surface area contributed by atoms with Crippen molar-refractivity contribution in [3.05, 3.63) is 29.6 Å². The second kappa shape index (κ2) is 5.35. The largest absolute Gasteiger partial charge is 0.507 e. The third kappa shape index (κ3) is 2.61. The van der Waals surface area contributed by atoms with E-state index in [4.69, 9.17) is 4.74 Å². The Morgan fingerprint density at radius 2 is 2.39 bits per heavy atom. The van der Waals surface area contributed by atoms with E-state index in [9.17, 15) is 14.3 Å². The minimum Gasteiger partial charge on any atom is -0.507 e. The Labute approximate surface area is 105 Å². The van der Waals surface area contributed by atoms with Gasteiger partial charge in [-0.2, -0.15) is 0 Å². The van der Waals surface area contributed by atoms with E-state index in [-0.39, 0.29) is 23.3 Å². The number of halogens is 1. The number of aromatic hydroxyl groups is 1. The molecule has 1 aliphatic rings. The summed E-state index contributed by atoms with van der Waals surface area (Å²) in [7, 11) is 0. The van der Waals surface area contributed by atoms with Gasteiger partial charge in [0.2, 0.25) is 0 Å². The van der Waals surface area contributed by atoms with Crippen LogP contribution in [0.1, 0.15) is 23.7 Å². The first-order chi connectivity index (χ1) is 8.59. The molecule has 1 saturated heterocycles. The summed E-state index contributed by atoms with van der Waals surface area (Å²) in [5, 5.41) is 12.2. The number of phenols is 1. The molecule has 0 aliphatic carbocycles. The van der Waals surface area contributed by atoms with E-state index in [2.05, 4.69) is 5.32 Å². The van der Waals surface area contributed by atoms with Gasteiger partial charge in [0.15, 0.2) is 0 Å². The second-order valence-electron chi connectivity index (χ2n) is 4.52. The van der Waals surface area contributed by atoms with Gasteiger partial charge in [-0.25, -0.2) is 4.39 Å². The van der Waals surface area contributed by atoms with Crippen molar-refractivity contribution < 1.29 is 19.0 Å². The minimum absolute atomic E-state index is 0.112. The molecule has 18 heavy (non-hydrogen) atoms. The van der Waals surface area contributed by atoms with Gasteiger partial charge in [0, 0.05) is 18.6 Å². The number of hydrogen-bond acceptors (Lipinski definition) is 3. The Morgan fingerprint density at radius 3 is 3.00 bits per heavy atom. The molecule has 0 unspecified atom stereocenters. The van der Waals surface area contributed by atoms with E-state index in [1.165, 1.54) is 12.1 Å². The van der Waals surface area contributed by atoms with Gasteiger partial charge in [0.1, 0.15) is 17.1 Å². The molecule has 4 nitrogen and oxygen atoms in total. The smallest absolute Gasteiger partial charge is 0.258 e. The van der Waals surface area contributed by atoms with Crippen LogP contribution in [0.15, 0.2) is 18.2 Å². The highest BCUT2D eigenvalue weighted by Gasteiger charge is 2.25. The molecule has 0 aromatic heterocycles. The summed E-state index contributed by atoms with van der Waals surface area (Å²) in [6.45, 7) is 3.15. The molecule has 0 radical (unpaired) electrons. The predicted octanol–water partition coefficient (Wildman–Crippen LogP) is 1.69. The van der Waals surface area contributed by atoms with E-state index in [0.29, 0.717) is 13.2 Å². The Morgan fingerprint density at radius 1 is 1.61 bits per heavy atom. The topological polar surface area (TPSA) is 58.6 Å². The molecular weight excluding hydrogens is 237 g/mol. The first-order valence-corrected chi connectivity index (χ1v) is 5.95. The first kappa shape index (κ1) is 12.8. The van der Waals surface area contributed by atoms with Crippen molar-refractivity contribution in [2.75, 3.05) is 13.2 Å². The molecule has 0 spiro atoms. The number of ether oxygens (including phenoxy) is 1. The van der Waals surface area contributed by atoms with Crippen molar-refractivity contribution >= 4 is 5.91 Å². The van der Waals surface area contributed by atoms with Gasteiger partial charge in [-0.15, -0.1) is 0 Å². The molecule has 1 aliphatic heterocycles. The summed E-state index contributed by atoms with van der Waals surface area (Å²) in [4.78, 5) is 11.9. The van der Waals surface area contributed by atoms with Crippen molar-refractivity contribution in [3.8, 4) is 5.75 Å². The lowest BCUT2D eigenvalue weighted by molar-refractivity contribution is 0.0915. The maximum Gasteiger partial charge on any atom is 0.258 e. The van der Waals surface area contributed by atoms with Crippen molar-refractivity contribution in [1.29, 1.82) is 0 Å². The molecule has 2 atom stereocenters. The molecular formula is C13H16FNO3. The first-order valence-electron chi connectivity index (χ1n) is 5.95. The standard InChI is InChI=1S/C13H16FNO3/c1-8(9-5-6-18-7-9)15-13(17)12-10(14)3-2-4-11(12)16/h2-4,8-9,16H,5-7H2,1H3,(H,15,17)/t8-,9-/m1/s1. The minimum atomic E-state index is -0.720. The molecule has 1 fully saturated rings. The van der Waals surface area contributed by atoms with E-state index in [0.717, 1.165) is 12.5 Å². The van der Waals surface area contributed by atoms with Crippen molar-refractivity contribution in [2.24, 2.45) is 5.92 Å². The van der Waals surface area contributed by atoms with Gasteiger partial charge in [-0.3, -0.25) is 4.79 Å². The Kier molecular flexibility index (Phi) is 3.81. The average Bonchev–Trinajstić information content (AvgIpc) is 2.81. The highest BCUT2D eigenvalue weighted by molar-refractivity contribution is 5.97. The van der Waals surface area contributed by atoms with Crippen molar-refractivity contribution in [2.45, 2.75) is 19.4 Å². The quantitative estimate of drug-likeness (QED) is 0.861. The molecule has 2 N–H and O–H groups in total. The summed E-state index contributed by atoms with van der Waals surface area (Å²) < 4.78 is 18.7. The Balaban J connectivity index is 2.07. The fourth-order valence-electron chi connectivity index (χ4n) is 2.08. The van der Waals surface area contributed by atoms with Crippen LogP contribution in [0.5, 0.6) is 5.75 Å². The van der Waals surface area contributed by atoms with Crippen molar-refractivity contribution in [3.63, 3.8) is 0 Å². The lowest BCUT2D eigenvalue weighted by atomic mass is 10.0. The summed E-state index contributed by atoms with van der Waals surface area (Å²) in [6, 6.07) is 3.69. The predicted molar refractivity (Wildman–Crippen MR) is 63.9 cm³/mol. The SMILES string of the molecule is C[C@@H](NC(=O)c1c(O)cccc1F)[C@@H]1CCOC1. The molecule has 98 valence electrons. The van der Waals surface area contributed by atoms with Crippen LogP contribution in [0.2, 0.25) is 0 Å². The van der Waals surface area contributed by atoms with Gasteiger partial charge >= 0.3 is 0 Å². The molecule has 1 amide bonds. The molecule has 1 aromatic carbocycles. The molecule has 2 rings (SSSR count). The molecule has 5 heteroatoms. The third-order valence-electron chi connectivity index (χ3n) is 3.25. The Bertz CT molecular complexity index is 424. The van der Waals surface area contributed by atoms with Crippen LogP contribution in [0, 0.1) is 11.7 Å². The normalized spacial score (nSPS) is 20.7. The van der Waals surface area contributed by atoms with Crippen LogP contribution in [-0.4, -0.2) is 30.3 Å². The number of rotatable bonds is 3. The average molecular weight is 253 g/mol. The zero-order chi connectivity index (χ0) is 13.1. The summed E-state index contributed by atoms with van der Waals surface area (Å²) in [6.07, 6.45) is 0.880. The molecule has 1 heterocycles. The lowest BCUT2D eigenvalue weighted by Gasteiger charge is -2.19. The van der Waals surface area contributed by atoms with Gasteiger partial charge in [0.25, 0.3) is 5.91 Å². The van der Waals surface area contributed by atoms with Crippen LogP contribution >= 0.6 is 0 Å². The maximum atomic E-state index is 13.5. The highest BCUT2D eigenvalue weighted by atomic mass is 19.1. The van der Waals surface area contributed by atoms with Crippen molar-refractivity contribution in [1.82, 2.24) is 5.32 Å². The monoisotopic (exact) mass is 253 g/mol. The van der Waals surface area contributed by atoms with E-state index in [1.807, 2.05) is 6.92 Å². The lowest BCUT2D eigenvalue weighted by Crippen LogP contribution is -2.38. The Hall–Kier alpha value is -1.62. The van der Waals surface area contributed by atoms with E-state index in [1.54, 1.807) is 0 Å². The van der Waals surface area contributed by atoms with E-state index >= 15 is 0 Å². The van der Waals surface area contributed by atoms with Crippen LogP contribution in [0.3, 0.4) is 0 Å². The van der Waals surface area contributed by atoms with Crippen LogP contribution in [0.25, 0.3) is 0 Å². The van der Waals surface area contributed by atoms with Gasteiger partial charge in [-0.05, 0) is 25.5 Å². The van der Waals surface area contributed by atoms with Gasteiger partial charge < -0.3 is 15.2 Å². The van der Waals surface area contributed by atoms with Crippen LogP contribution in [0.4, 0.5) is 4.39 Å². The zero-order valence-electron chi connectivity index (χ0n) is 10.1. The van der Waals surface area contributed by atoms with Crippen LogP contribution in [-0.2, 0) is 4.74 Å². The maximum absolute atomic E-state index is 13.5. The fourth-order valence-corrected chi connectivity index (χ4v) is 2.08. The molecule has 0 saturated carbocycles. The van der Waals surface area contributed by atoms with Crippen LogP contribution < -0.4 is 5.32 Å². The molecule has 1 aromatic rings. The number of benzene rings is 1. The third-order valence-corrected chi connectivity index (χ3v) is 3.25. The van der Waals surface area contributed by atoms with E-state index < -0.39 is 11.7 Å². The summed E-state index contributed by atoms with van der Waals surface area (Å²) in [5.41, 5.74) is -0.303. The number of nitrogens with one attached hydrogen (secondary N) is 1. The number of phenolic OH excluding ortho intramolecular Hbond substituents is 1.